The highest BCUT2D eigenvalue weighted by Crippen LogP contribution is 2.22. The van der Waals surface area contributed by atoms with Gasteiger partial charge in [0.15, 0.2) is 0 Å². The van der Waals surface area contributed by atoms with Gasteiger partial charge in [-0.15, -0.1) is 0 Å². The van der Waals surface area contributed by atoms with E-state index in [0.717, 1.165) is 5.69 Å². The van der Waals surface area contributed by atoms with Crippen LogP contribution in [0, 0.1) is 0 Å². The van der Waals surface area contributed by atoms with Crippen molar-refractivity contribution in [1.82, 2.24) is 5.32 Å². The molecule has 5 nitrogen and oxygen atoms in total. The Hall–Kier alpha value is -3.05. The maximum absolute atomic E-state index is 12.6. The van der Waals surface area contributed by atoms with Gasteiger partial charge in [-0.05, 0) is 36.4 Å². The number of hydrogen-bond donors (Lipinski definition) is 3. The highest BCUT2D eigenvalue weighted by atomic mass is 16.3. The Labute approximate surface area is 139 Å². The first-order valence-corrected chi connectivity index (χ1v) is 7.64. The van der Waals surface area contributed by atoms with Crippen LogP contribution >= 0.6 is 0 Å². The van der Waals surface area contributed by atoms with Gasteiger partial charge < -0.3 is 20.2 Å². The molecule has 1 aromatic heterocycles. The number of hydrogen-bond acceptors (Lipinski definition) is 4. The summed E-state index contributed by atoms with van der Waals surface area (Å²) in [6, 6.07) is 19.7. The number of nitrogens with one attached hydrogen (secondary N) is 2. The number of carbonyl (C=O) groups is 1. The molecule has 2 aromatic carbocycles. The second-order valence-corrected chi connectivity index (χ2v) is 5.26. The van der Waals surface area contributed by atoms with E-state index >= 15 is 0 Å². The zero-order valence-electron chi connectivity index (χ0n) is 13.0. The maximum atomic E-state index is 12.6. The molecule has 5 heteroatoms. The topological polar surface area (TPSA) is 74.5 Å². The van der Waals surface area contributed by atoms with Crippen molar-refractivity contribution < 1.29 is 14.3 Å². The average molecular weight is 322 g/mol. The van der Waals surface area contributed by atoms with E-state index in [2.05, 4.69) is 10.6 Å². The predicted molar refractivity (Wildman–Crippen MR) is 92.2 cm³/mol. The normalized spacial score (nSPS) is 11.7. The summed E-state index contributed by atoms with van der Waals surface area (Å²) in [4.78, 5) is 12.6. The van der Waals surface area contributed by atoms with E-state index in [9.17, 15) is 9.90 Å². The lowest BCUT2D eigenvalue weighted by atomic mass is 10.1. The molecule has 0 aliphatic heterocycles. The van der Waals surface area contributed by atoms with Crippen molar-refractivity contribution in [1.29, 1.82) is 0 Å². The number of rotatable bonds is 6. The van der Waals surface area contributed by atoms with Crippen LogP contribution in [-0.2, 0) is 0 Å². The highest BCUT2D eigenvalue weighted by molar-refractivity contribution is 6.00. The Morgan fingerprint density at radius 1 is 1.00 bits per heavy atom. The van der Waals surface area contributed by atoms with Crippen LogP contribution in [0.4, 0.5) is 11.4 Å². The minimum absolute atomic E-state index is 0.243. The van der Waals surface area contributed by atoms with Crippen LogP contribution in [-0.4, -0.2) is 17.6 Å². The van der Waals surface area contributed by atoms with Crippen LogP contribution in [0.3, 0.4) is 0 Å². The quantitative estimate of drug-likeness (QED) is 0.649. The smallest absolute Gasteiger partial charge is 0.254 e. The number of furan rings is 1. The van der Waals surface area contributed by atoms with Crippen molar-refractivity contribution in [3.8, 4) is 0 Å². The summed E-state index contributed by atoms with van der Waals surface area (Å²) in [5, 5.41) is 15.5. The van der Waals surface area contributed by atoms with Crippen molar-refractivity contribution in [2.45, 2.75) is 6.04 Å². The van der Waals surface area contributed by atoms with Gasteiger partial charge in [0.25, 0.3) is 5.91 Å². The molecule has 0 bridgehead atoms. The summed E-state index contributed by atoms with van der Waals surface area (Å²) in [6.07, 6.45) is 1.51. The van der Waals surface area contributed by atoms with E-state index in [1.807, 2.05) is 42.5 Å². The van der Waals surface area contributed by atoms with Gasteiger partial charge >= 0.3 is 0 Å². The minimum Gasteiger partial charge on any atom is -0.467 e. The van der Waals surface area contributed by atoms with E-state index in [-0.39, 0.29) is 12.5 Å². The Kier molecular flexibility index (Phi) is 4.93. The van der Waals surface area contributed by atoms with Gasteiger partial charge in [-0.25, -0.2) is 0 Å². The fraction of sp³-hybridized carbons (Fsp3) is 0.105. The highest BCUT2D eigenvalue weighted by Gasteiger charge is 2.19. The van der Waals surface area contributed by atoms with E-state index in [1.54, 1.807) is 24.3 Å². The monoisotopic (exact) mass is 322 g/mol. The third-order valence-electron chi connectivity index (χ3n) is 3.60. The van der Waals surface area contributed by atoms with E-state index in [0.29, 0.717) is 17.0 Å². The fourth-order valence-electron chi connectivity index (χ4n) is 2.40. The average Bonchev–Trinajstić information content (AvgIpc) is 3.15. The second-order valence-electron chi connectivity index (χ2n) is 5.26. The van der Waals surface area contributed by atoms with Crippen LogP contribution in [0.5, 0.6) is 0 Å². The molecule has 1 heterocycles. The minimum atomic E-state index is -0.586. The molecule has 3 rings (SSSR count). The summed E-state index contributed by atoms with van der Waals surface area (Å²) >= 11 is 0. The molecule has 1 unspecified atom stereocenters. The van der Waals surface area contributed by atoms with Crippen molar-refractivity contribution in [3.63, 3.8) is 0 Å². The third-order valence-corrected chi connectivity index (χ3v) is 3.60. The number of amides is 1. The van der Waals surface area contributed by atoms with E-state index in [4.69, 9.17) is 4.42 Å². The van der Waals surface area contributed by atoms with Crippen LogP contribution in [0.25, 0.3) is 0 Å². The first-order valence-electron chi connectivity index (χ1n) is 7.64. The van der Waals surface area contributed by atoms with Gasteiger partial charge in [-0.3, -0.25) is 4.79 Å². The number of benzene rings is 2. The molecule has 1 atom stereocenters. The Morgan fingerprint density at radius 3 is 2.46 bits per heavy atom. The zero-order valence-corrected chi connectivity index (χ0v) is 13.0. The van der Waals surface area contributed by atoms with Crippen molar-refractivity contribution >= 4 is 17.3 Å². The fourth-order valence-corrected chi connectivity index (χ4v) is 2.40. The summed E-state index contributed by atoms with van der Waals surface area (Å²) in [6.45, 7) is -0.243. The number of anilines is 2. The van der Waals surface area contributed by atoms with Gasteiger partial charge in [0.2, 0.25) is 0 Å². The molecule has 122 valence electrons. The molecule has 1 amide bonds. The van der Waals surface area contributed by atoms with Crippen molar-refractivity contribution in [2.75, 3.05) is 11.9 Å². The molecule has 0 fully saturated rings. The molecule has 3 N–H and O–H groups in total. The number of para-hydroxylation sites is 2. The SMILES string of the molecule is O=C(NC(CO)c1ccco1)c1ccccc1Nc1ccccc1. The first kappa shape index (κ1) is 15.8. The lowest BCUT2D eigenvalue weighted by Crippen LogP contribution is -2.31. The summed E-state index contributed by atoms with van der Waals surface area (Å²) in [5.41, 5.74) is 2.08. The van der Waals surface area contributed by atoms with Crippen LogP contribution < -0.4 is 10.6 Å². The molecule has 3 aromatic rings. The van der Waals surface area contributed by atoms with Crippen LogP contribution in [0.2, 0.25) is 0 Å². The summed E-state index contributed by atoms with van der Waals surface area (Å²) in [7, 11) is 0. The Balaban J connectivity index is 1.80. The van der Waals surface area contributed by atoms with Crippen molar-refractivity contribution in [3.05, 3.63) is 84.3 Å². The molecule has 0 spiro atoms. The lowest BCUT2D eigenvalue weighted by Gasteiger charge is -2.16. The summed E-state index contributed by atoms with van der Waals surface area (Å²) < 4.78 is 5.26. The molecule has 0 aliphatic rings. The van der Waals surface area contributed by atoms with Gasteiger partial charge in [-0.2, -0.15) is 0 Å². The van der Waals surface area contributed by atoms with Gasteiger partial charge in [0.1, 0.15) is 11.8 Å². The molecule has 0 radical (unpaired) electrons. The lowest BCUT2D eigenvalue weighted by molar-refractivity contribution is 0.0908. The van der Waals surface area contributed by atoms with Gasteiger partial charge in [0, 0.05) is 5.69 Å². The predicted octanol–water partition coefficient (Wildman–Crippen LogP) is 3.49. The van der Waals surface area contributed by atoms with E-state index < -0.39 is 6.04 Å². The van der Waals surface area contributed by atoms with Crippen molar-refractivity contribution in [2.24, 2.45) is 0 Å². The third kappa shape index (κ3) is 3.64. The molecule has 0 aliphatic carbocycles. The summed E-state index contributed by atoms with van der Waals surface area (Å²) in [5.74, 6) is 0.226. The van der Waals surface area contributed by atoms with Crippen LogP contribution in [0.15, 0.2) is 77.4 Å². The maximum Gasteiger partial charge on any atom is 0.254 e. The molecular weight excluding hydrogens is 304 g/mol. The molecule has 0 saturated carbocycles. The molecule has 0 saturated heterocycles. The van der Waals surface area contributed by atoms with Gasteiger partial charge in [0.05, 0.1) is 24.1 Å². The largest absolute Gasteiger partial charge is 0.467 e. The van der Waals surface area contributed by atoms with E-state index in [1.165, 1.54) is 6.26 Å². The Morgan fingerprint density at radius 2 is 1.75 bits per heavy atom. The standard InChI is InChI=1S/C19H18N2O3/c22-13-17(18-11-6-12-24-18)21-19(23)15-9-4-5-10-16(15)20-14-7-2-1-3-8-14/h1-12,17,20,22H,13H2,(H,21,23). The Bertz CT molecular complexity index is 785. The zero-order chi connectivity index (χ0) is 16.8. The second kappa shape index (κ2) is 7.48. The number of carbonyl (C=O) groups excluding carboxylic acids is 1. The molecule has 24 heavy (non-hydrogen) atoms. The van der Waals surface area contributed by atoms with Gasteiger partial charge in [-0.1, -0.05) is 30.3 Å². The number of aliphatic hydroxyl groups is 1. The molecular formula is C19H18N2O3. The first-order chi connectivity index (χ1) is 11.8. The number of aliphatic hydroxyl groups excluding tert-OH is 1. The van der Waals surface area contributed by atoms with Crippen LogP contribution in [0.1, 0.15) is 22.2 Å².